The molecule has 0 bridgehead atoms. The average molecular weight is 388 g/mol. The summed E-state index contributed by atoms with van der Waals surface area (Å²) in [4.78, 5) is 23.3. The molecular formula is C24H20O5. The van der Waals surface area contributed by atoms with Gasteiger partial charge in [0.15, 0.2) is 0 Å². The van der Waals surface area contributed by atoms with Crippen molar-refractivity contribution in [2.75, 3.05) is 6.79 Å². The van der Waals surface area contributed by atoms with Crippen LogP contribution in [0, 0.1) is 6.92 Å². The van der Waals surface area contributed by atoms with Gasteiger partial charge in [0.1, 0.15) is 11.5 Å². The number of benzene rings is 3. The normalized spacial score (nSPS) is 10.1. The Bertz CT molecular complexity index is 987. The number of hydrogen-bond acceptors (Lipinski definition) is 5. The van der Waals surface area contributed by atoms with E-state index in [4.69, 9.17) is 14.2 Å². The summed E-state index contributed by atoms with van der Waals surface area (Å²) in [6.07, 6.45) is 1.05. The van der Waals surface area contributed by atoms with Crippen LogP contribution in [0.1, 0.15) is 15.9 Å². The van der Waals surface area contributed by atoms with Crippen molar-refractivity contribution in [1.82, 2.24) is 0 Å². The van der Waals surface area contributed by atoms with Gasteiger partial charge in [-0.3, -0.25) is 0 Å². The molecule has 0 aliphatic rings. The van der Waals surface area contributed by atoms with Gasteiger partial charge >= 0.3 is 11.9 Å². The quantitative estimate of drug-likeness (QED) is 0.248. The van der Waals surface area contributed by atoms with E-state index in [9.17, 15) is 9.59 Å². The predicted molar refractivity (Wildman–Crippen MR) is 110 cm³/mol. The van der Waals surface area contributed by atoms with Crippen LogP contribution < -0.4 is 9.47 Å². The highest BCUT2D eigenvalue weighted by Gasteiger charge is 2.09. The first kappa shape index (κ1) is 19.9. The van der Waals surface area contributed by atoms with Crippen LogP contribution in [0.4, 0.5) is 0 Å². The third kappa shape index (κ3) is 5.56. The molecule has 0 aliphatic heterocycles. The molecule has 0 amide bonds. The molecule has 5 heteroatoms. The van der Waals surface area contributed by atoms with Crippen LogP contribution in [0.5, 0.6) is 11.5 Å². The lowest BCUT2D eigenvalue weighted by Gasteiger charge is -2.08. The van der Waals surface area contributed by atoms with Crippen molar-refractivity contribution in [2.45, 2.75) is 6.92 Å². The van der Waals surface area contributed by atoms with Gasteiger partial charge in [-0.1, -0.05) is 48.5 Å². The Kier molecular flexibility index (Phi) is 6.43. The molecule has 146 valence electrons. The van der Waals surface area contributed by atoms with Crippen LogP contribution in [0.2, 0.25) is 0 Å². The number of hydrogen-bond donors (Lipinski definition) is 0. The number of ether oxygens (including phenoxy) is 3. The van der Waals surface area contributed by atoms with Gasteiger partial charge in [0.05, 0.1) is 5.56 Å². The van der Waals surface area contributed by atoms with Gasteiger partial charge in [0.25, 0.3) is 0 Å². The second kappa shape index (κ2) is 9.37. The second-order valence-corrected chi connectivity index (χ2v) is 6.23. The third-order valence-corrected chi connectivity index (χ3v) is 4.13. The Balaban J connectivity index is 1.57. The minimum absolute atomic E-state index is 0.234. The average Bonchev–Trinajstić information content (AvgIpc) is 2.75. The summed E-state index contributed by atoms with van der Waals surface area (Å²) in [7, 11) is 0. The number of carbonyl (C=O) groups excluding carboxylic acids is 2. The van der Waals surface area contributed by atoms with Crippen molar-refractivity contribution in [3.8, 4) is 22.6 Å². The molecule has 29 heavy (non-hydrogen) atoms. The maximum absolute atomic E-state index is 12.3. The summed E-state index contributed by atoms with van der Waals surface area (Å²) in [5, 5.41) is 0. The van der Waals surface area contributed by atoms with Crippen LogP contribution in [-0.4, -0.2) is 18.7 Å². The van der Waals surface area contributed by atoms with Crippen molar-refractivity contribution in [3.63, 3.8) is 0 Å². The van der Waals surface area contributed by atoms with E-state index in [1.54, 1.807) is 36.4 Å². The zero-order valence-corrected chi connectivity index (χ0v) is 16.0. The highest BCUT2D eigenvalue weighted by Crippen LogP contribution is 2.23. The van der Waals surface area contributed by atoms with Gasteiger partial charge in [0.2, 0.25) is 6.79 Å². The lowest BCUT2D eigenvalue weighted by atomic mass is 10.0. The molecule has 3 aromatic carbocycles. The zero-order valence-electron chi connectivity index (χ0n) is 16.0. The highest BCUT2D eigenvalue weighted by atomic mass is 16.7. The van der Waals surface area contributed by atoms with Crippen molar-refractivity contribution < 1.29 is 23.8 Å². The van der Waals surface area contributed by atoms with E-state index in [1.165, 1.54) is 5.56 Å². The molecule has 0 saturated heterocycles. The van der Waals surface area contributed by atoms with Crippen LogP contribution in [0.3, 0.4) is 0 Å². The molecule has 0 fully saturated rings. The first-order valence-electron chi connectivity index (χ1n) is 8.96. The van der Waals surface area contributed by atoms with E-state index in [-0.39, 0.29) is 6.79 Å². The summed E-state index contributed by atoms with van der Waals surface area (Å²) in [6, 6.07) is 21.9. The zero-order chi connectivity index (χ0) is 20.6. The SMILES string of the molecule is C=CC(=O)OCOc1ccc(C(=O)Oc2ccc(-c3ccc(C)cc3)cc2)cc1. The fourth-order valence-corrected chi connectivity index (χ4v) is 2.53. The Labute approximate surface area is 169 Å². The number of rotatable bonds is 7. The molecule has 0 aromatic heterocycles. The van der Waals surface area contributed by atoms with Gasteiger partial charge in [-0.25, -0.2) is 9.59 Å². The molecule has 0 radical (unpaired) electrons. The molecular weight excluding hydrogens is 368 g/mol. The standard InChI is InChI=1S/C24H20O5/c1-3-23(25)28-16-27-21-12-10-20(11-13-21)24(26)29-22-14-8-19(9-15-22)18-6-4-17(2)5-7-18/h3-15H,1,16H2,2H3. The molecule has 0 spiro atoms. The molecule has 3 aromatic rings. The Hall–Kier alpha value is -3.86. The summed E-state index contributed by atoms with van der Waals surface area (Å²) in [5.74, 6) is -0.125. The number of esters is 2. The van der Waals surface area contributed by atoms with E-state index in [1.807, 2.05) is 19.1 Å². The van der Waals surface area contributed by atoms with E-state index in [2.05, 4.69) is 30.8 Å². The van der Waals surface area contributed by atoms with Crippen LogP contribution in [0.15, 0.2) is 85.5 Å². The second-order valence-electron chi connectivity index (χ2n) is 6.23. The Morgan fingerprint density at radius 2 is 1.38 bits per heavy atom. The molecule has 3 rings (SSSR count). The molecule has 0 N–H and O–H groups in total. The van der Waals surface area contributed by atoms with E-state index >= 15 is 0 Å². The van der Waals surface area contributed by atoms with Crippen LogP contribution in [-0.2, 0) is 9.53 Å². The topological polar surface area (TPSA) is 61.8 Å². The summed E-state index contributed by atoms with van der Waals surface area (Å²) < 4.78 is 15.4. The van der Waals surface area contributed by atoms with Gasteiger partial charge in [-0.2, -0.15) is 0 Å². The molecule has 5 nitrogen and oxygen atoms in total. The van der Waals surface area contributed by atoms with Gasteiger partial charge in [0, 0.05) is 6.08 Å². The smallest absolute Gasteiger partial charge is 0.343 e. The lowest BCUT2D eigenvalue weighted by molar-refractivity contribution is -0.144. The first-order valence-corrected chi connectivity index (χ1v) is 8.96. The molecule has 0 heterocycles. The molecule has 0 aliphatic carbocycles. The molecule has 0 saturated carbocycles. The van der Waals surface area contributed by atoms with Gasteiger partial charge in [-0.05, 0) is 54.4 Å². The van der Waals surface area contributed by atoms with E-state index in [0.717, 1.165) is 17.2 Å². The Morgan fingerprint density at radius 3 is 1.97 bits per heavy atom. The fourth-order valence-electron chi connectivity index (χ4n) is 2.53. The summed E-state index contributed by atoms with van der Waals surface area (Å²) >= 11 is 0. The van der Waals surface area contributed by atoms with Gasteiger partial charge in [-0.15, -0.1) is 0 Å². The first-order chi connectivity index (χ1) is 14.0. The fraction of sp³-hybridized carbons (Fsp3) is 0.0833. The number of carbonyl (C=O) groups is 2. The monoisotopic (exact) mass is 388 g/mol. The minimum atomic E-state index is -0.571. The highest BCUT2D eigenvalue weighted by molar-refractivity contribution is 5.91. The molecule has 0 atom stereocenters. The largest absolute Gasteiger partial charge is 0.457 e. The van der Waals surface area contributed by atoms with Crippen molar-refractivity contribution in [1.29, 1.82) is 0 Å². The lowest BCUT2D eigenvalue weighted by Crippen LogP contribution is -2.09. The number of aryl methyl sites for hydroxylation is 1. The maximum atomic E-state index is 12.3. The van der Waals surface area contributed by atoms with Crippen molar-refractivity contribution in [2.24, 2.45) is 0 Å². The molecule has 0 unspecified atom stereocenters. The summed E-state index contributed by atoms with van der Waals surface area (Å²) in [6.45, 7) is 5.10. The predicted octanol–water partition coefficient (Wildman–Crippen LogP) is 4.95. The van der Waals surface area contributed by atoms with Gasteiger partial charge < -0.3 is 14.2 Å². The van der Waals surface area contributed by atoms with Crippen LogP contribution >= 0.6 is 0 Å². The van der Waals surface area contributed by atoms with E-state index < -0.39 is 11.9 Å². The summed E-state index contributed by atoms with van der Waals surface area (Å²) in [5.41, 5.74) is 3.72. The van der Waals surface area contributed by atoms with E-state index in [0.29, 0.717) is 17.1 Å². The van der Waals surface area contributed by atoms with Crippen LogP contribution in [0.25, 0.3) is 11.1 Å². The Morgan fingerprint density at radius 1 is 0.828 bits per heavy atom. The van der Waals surface area contributed by atoms with Crippen molar-refractivity contribution >= 4 is 11.9 Å². The maximum Gasteiger partial charge on any atom is 0.343 e. The van der Waals surface area contributed by atoms with Crippen molar-refractivity contribution in [3.05, 3.63) is 96.6 Å². The minimum Gasteiger partial charge on any atom is -0.457 e. The third-order valence-electron chi connectivity index (χ3n) is 4.13.